The van der Waals surface area contributed by atoms with Crippen LogP contribution in [0.4, 0.5) is 16.3 Å². The molecule has 0 radical (unpaired) electrons. The summed E-state index contributed by atoms with van der Waals surface area (Å²) in [6, 6.07) is 3.95. The minimum Gasteiger partial charge on any atom is -0.375 e. The first-order valence-electron chi connectivity index (χ1n) is 8.48. The summed E-state index contributed by atoms with van der Waals surface area (Å²) in [5.74, 6) is 1.01. The Kier molecular flexibility index (Phi) is 4.71. The fraction of sp³-hybridized carbons (Fsp3) is 0.647. The molecule has 0 aliphatic carbocycles. The molecule has 2 aliphatic heterocycles. The van der Waals surface area contributed by atoms with Gasteiger partial charge in [0.05, 0.1) is 30.1 Å². The van der Waals surface area contributed by atoms with E-state index in [1.165, 1.54) is 12.8 Å². The highest BCUT2D eigenvalue weighted by atomic mass is 16.5. The number of hydrogen-bond donors (Lipinski definition) is 1. The van der Waals surface area contributed by atoms with Gasteiger partial charge in [-0.05, 0) is 45.7 Å². The topological polar surface area (TPSA) is 57.7 Å². The van der Waals surface area contributed by atoms with Crippen molar-refractivity contribution in [1.29, 1.82) is 0 Å². The van der Waals surface area contributed by atoms with Gasteiger partial charge in [0.15, 0.2) is 0 Å². The lowest BCUT2D eigenvalue weighted by Gasteiger charge is -2.37. The van der Waals surface area contributed by atoms with E-state index in [2.05, 4.69) is 15.2 Å². The van der Waals surface area contributed by atoms with Gasteiger partial charge in [0.25, 0.3) is 0 Å². The van der Waals surface area contributed by atoms with Gasteiger partial charge in [0, 0.05) is 19.6 Å². The summed E-state index contributed by atoms with van der Waals surface area (Å²) < 4.78 is 5.58. The molecule has 2 fully saturated rings. The number of amides is 2. The third-order valence-electron chi connectivity index (χ3n) is 4.89. The predicted molar refractivity (Wildman–Crippen MR) is 91.0 cm³/mol. The van der Waals surface area contributed by atoms with Crippen molar-refractivity contribution in [2.75, 3.05) is 36.5 Å². The van der Waals surface area contributed by atoms with Crippen molar-refractivity contribution in [1.82, 2.24) is 9.88 Å². The Balaban J connectivity index is 1.68. The second-order valence-corrected chi connectivity index (χ2v) is 6.44. The van der Waals surface area contributed by atoms with E-state index in [0.717, 1.165) is 30.3 Å². The lowest BCUT2D eigenvalue weighted by atomic mass is 10.1. The van der Waals surface area contributed by atoms with E-state index in [1.54, 1.807) is 0 Å². The van der Waals surface area contributed by atoms with Crippen LogP contribution in [0.2, 0.25) is 0 Å². The van der Waals surface area contributed by atoms with Crippen molar-refractivity contribution < 1.29 is 9.53 Å². The molecule has 0 bridgehead atoms. The number of nitrogens with zero attached hydrogens (tertiary/aromatic N) is 3. The number of ether oxygens (including phenoxy) is 1. The van der Waals surface area contributed by atoms with Crippen LogP contribution in [0.15, 0.2) is 12.1 Å². The Morgan fingerprint density at radius 2 is 2.00 bits per heavy atom. The van der Waals surface area contributed by atoms with Gasteiger partial charge in [-0.3, -0.25) is 0 Å². The zero-order chi connectivity index (χ0) is 16.4. The molecule has 3 rings (SSSR count). The highest BCUT2D eigenvalue weighted by Gasteiger charge is 2.29. The Hall–Kier alpha value is -1.82. The SMILES string of the molecule is Cc1nc(N2CCCC2)ccc1NC(=O)N1CCOC(C)C1C. The second-order valence-electron chi connectivity index (χ2n) is 6.44. The molecule has 1 aromatic heterocycles. The molecule has 0 spiro atoms. The summed E-state index contributed by atoms with van der Waals surface area (Å²) in [6.45, 7) is 9.32. The molecule has 0 saturated carbocycles. The van der Waals surface area contributed by atoms with Crippen LogP contribution in [0.5, 0.6) is 0 Å². The van der Waals surface area contributed by atoms with Crippen LogP contribution in [-0.4, -0.2) is 54.3 Å². The van der Waals surface area contributed by atoms with Crippen LogP contribution in [0.3, 0.4) is 0 Å². The largest absolute Gasteiger partial charge is 0.375 e. The van der Waals surface area contributed by atoms with E-state index in [9.17, 15) is 4.79 Å². The average molecular weight is 318 g/mol. The summed E-state index contributed by atoms with van der Waals surface area (Å²) >= 11 is 0. The Morgan fingerprint density at radius 1 is 1.26 bits per heavy atom. The summed E-state index contributed by atoms with van der Waals surface area (Å²) in [5, 5.41) is 3.00. The number of rotatable bonds is 2. The number of pyridine rings is 1. The molecule has 23 heavy (non-hydrogen) atoms. The van der Waals surface area contributed by atoms with E-state index in [-0.39, 0.29) is 18.2 Å². The maximum Gasteiger partial charge on any atom is 0.322 e. The maximum absolute atomic E-state index is 12.5. The normalized spacial score (nSPS) is 24.8. The molecule has 0 aromatic carbocycles. The van der Waals surface area contributed by atoms with Gasteiger partial charge in [-0.25, -0.2) is 9.78 Å². The average Bonchev–Trinajstić information content (AvgIpc) is 3.06. The van der Waals surface area contributed by atoms with Crippen LogP contribution in [0, 0.1) is 6.92 Å². The number of nitrogens with one attached hydrogen (secondary N) is 1. The molecule has 2 atom stereocenters. The number of carbonyl (C=O) groups excluding carboxylic acids is 1. The minimum absolute atomic E-state index is 0.0614. The number of urea groups is 1. The molecule has 126 valence electrons. The van der Waals surface area contributed by atoms with Gasteiger partial charge in [0.2, 0.25) is 0 Å². The van der Waals surface area contributed by atoms with Gasteiger partial charge in [-0.1, -0.05) is 0 Å². The van der Waals surface area contributed by atoms with Crippen molar-refractivity contribution in [2.45, 2.75) is 45.8 Å². The van der Waals surface area contributed by atoms with Crippen molar-refractivity contribution in [3.63, 3.8) is 0 Å². The number of aryl methyl sites for hydroxylation is 1. The standard InChI is InChI=1S/C17H26N4O2/c1-12-15(6-7-16(18-12)20-8-4-5-9-20)19-17(22)21-10-11-23-14(3)13(21)2/h6-7,13-14H,4-5,8-11H2,1-3H3,(H,19,22). The van der Waals surface area contributed by atoms with Crippen LogP contribution in [0.25, 0.3) is 0 Å². The third kappa shape index (κ3) is 3.42. The summed E-state index contributed by atoms with van der Waals surface area (Å²) in [7, 11) is 0. The predicted octanol–water partition coefficient (Wildman–Crippen LogP) is 2.63. The second kappa shape index (κ2) is 6.74. The summed E-state index contributed by atoms with van der Waals surface area (Å²) in [5.41, 5.74) is 1.64. The number of aromatic nitrogens is 1. The van der Waals surface area contributed by atoms with Crippen LogP contribution in [0.1, 0.15) is 32.4 Å². The first kappa shape index (κ1) is 16.1. The molecule has 6 heteroatoms. The van der Waals surface area contributed by atoms with E-state index < -0.39 is 0 Å². The van der Waals surface area contributed by atoms with Gasteiger partial charge < -0.3 is 19.9 Å². The van der Waals surface area contributed by atoms with Crippen LogP contribution in [-0.2, 0) is 4.74 Å². The Labute approximate surface area is 137 Å². The molecule has 3 heterocycles. The zero-order valence-electron chi connectivity index (χ0n) is 14.2. The van der Waals surface area contributed by atoms with E-state index in [1.807, 2.05) is 37.8 Å². The monoisotopic (exact) mass is 318 g/mol. The van der Waals surface area contributed by atoms with Crippen LogP contribution < -0.4 is 10.2 Å². The number of carbonyl (C=O) groups is 1. The van der Waals surface area contributed by atoms with Gasteiger partial charge >= 0.3 is 6.03 Å². The zero-order valence-corrected chi connectivity index (χ0v) is 14.2. The van der Waals surface area contributed by atoms with Gasteiger partial charge in [-0.15, -0.1) is 0 Å². The minimum atomic E-state index is -0.0773. The summed E-state index contributed by atoms with van der Waals surface area (Å²) in [4.78, 5) is 21.3. The molecular formula is C17H26N4O2. The van der Waals surface area contributed by atoms with Crippen molar-refractivity contribution in [3.8, 4) is 0 Å². The number of anilines is 2. The van der Waals surface area contributed by atoms with Crippen molar-refractivity contribution >= 4 is 17.5 Å². The van der Waals surface area contributed by atoms with E-state index in [4.69, 9.17) is 4.74 Å². The number of hydrogen-bond acceptors (Lipinski definition) is 4. The fourth-order valence-electron chi connectivity index (χ4n) is 3.21. The van der Waals surface area contributed by atoms with E-state index in [0.29, 0.717) is 13.2 Å². The fourth-order valence-corrected chi connectivity index (χ4v) is 3.21. The lowest BCUT2D eigenvalue weighted by Crippen LogP contribution is -2.52. The van der Waals surface area contributed by atoms with Gasteiger partial charge in [0.1, 0.15) is 5.82 Å². The molecule has 1 aromatic rings. The quantitative estimate of drug-likeness (QED) is 0.911. The molecule has 2 unspecified atom stereocenters. The first-order chi connectivity index (χ1) is 11.1. The van der Waals surface area contributed by atoms with E-state index >= 15 is 0 Å². The lowest BCUT2D eigenvalue weighted by molar-refractivity contribution is -0.0355. The van der Waals surface area contributed by atoms with Gasteiger partial charge in [-0.2, -0.15) is 0 Å². The Morgan fingerprint density at radius 3 is 2.70 bits per heavy atom. The molecular weight excluding hydrogens is 292 g/mol. The molecule has 6 nitrogen and oxygen atoms in total. The van der Waals surface area contributed by atoms with Crippen molar-refractivity contribution in [3.05, 3.63) is 17.8 Å². The third-order valence-corrected chi connectivity index (χ3v) is 4.89. The maximum atomic E-state index is 12.5. The molecule has 2 aliphatic rings. The molecule has 2 saturated heterocycles. The number of morpholine rings is 1. The van der Waals surface area contributed by atoms with Crippen molar-refractivity contribution in [2.24, 2.45) is 0 Å². The highest BCUT2D eigenvalue weighted by Crippen LogP contribution is 2.23. The summed E-state index contributed by atoms with van der Waals surface area (Å²) in [6.07, 6.45) is 2.52. The first-order valence-corrected chi connectivity index (χ1v) is 8.48. The molecule has 2 amide bonds. The Bertz CT molecular complexity index is 572. The molecule has 1 N–H and O–H groups in total. The highest BCUT2D eigenvalue weighted by molar-refractivity contribution is 5.90. The smallest absolute Gasteiger partial charge is 0.322 e. The van der Waals surface area contributed by atoms with Crippen LogP contribution >= 0.6 is 0 Å².